The van der Waals surface area contributed by atoms with Gasteiger partial charge >= 0.3 is 0 Å². The van der Waals surface area contributed by atoms with E-state index in [2.05, 4.69) is 30.7 Å². The van der Waals surface area contributed by atoms with E-state index in [0.29, 0.717) is 24.8 Å². The van der Waals surface area contributed by atoms with Crippen LogP contribution in [0, 0.1) is 12.7 Å². The summed E-state index contributed by atoms with van der Waals surface area (Å²) in [4.78, 5) is 7.03. The van der Waals surface area contributed by atoms with Gasteiger partial charge in [0.05, 0.1) is 19.8 Å². The molecular weight excluding hydrogens is 528 g/mol. The first-order chi connectivity index (χ1) is 15.0. The Balaban J connectivity index is 0.00000363. The lowest BCUT2D eigenvalue weighted by atomic mass is 10.3. The number of morpholine rings is 1. The van der Waals surface area contributed by atoms with Crippen molar-refractivity contribution in [1.82, 2.24) is 30.3 Å². The Morgan fingerprint density at radius 3 is 2.59 bits per heavy atom. The van der Waals surface area contributed by atoms with Gasteiger partial charge in [-0.15, -0.1) is 34.2 Å². The molecule has 0 radical (unpaired) electrons. The molecule has 2 N–H and O–H groups in total. The fourth-order valence-corrected chi connectivity index (χ4v) is 3.10. The number of halogens is 2. The van der Waals surface area contributed by atoms with Crippen molar-refractivity contribution < 1.29 is 13.9 Å². The maximum absolute atomic E-state index is 13.1. The average molecular weight is 561 g/mol. The van der Waals surface area contributed by atoms with Crippen molar-refractivity contribution in [2.75, 3.05) is 45.9 Å². The second-order valence-electron chi connectivity index (χ2n) is 7.53. The Labute approximate surface area is 205 Å². The number of hydrogen-bond acceptors (Lipinski definition) is 6. The Morgan fingerprint density at radius 2 is 1.94 bits per heavy atom. The highest BCUT2D eigenvalue weighted by Gasteiger charge is 2.11. The lowest BCUT2D eigenvalue weighted by Crippen LogP contribution is -2.46. The third-order valence-corrected chi connectivity index (χ3v) is 5.09. The zero-order valence-electron chi connectivity index (χ0n) is 18.9. The van der Waals surface area contributed by atoms with Crippen molar-refractivity contribution in [3.8, 4) is 5.75 Å². The van der Waals surface area contributed by atoms with Crippen molar-refractivity contribution in [3.63, 3.8) is 0 Å². The molecule has 1 aromatic heterocycles. The van der Waals surface area contributed by atoms with Gasteiger partial charge in [-0.25, -0.2) is 9.38 Å². The van der Waals surface area contributed by atoms with Crippen molar-refractivity contribution >= 4 is 29.9 Å². The van der Waals surface area contributed by atoms with Gasteiger partial charge in [0.2, 0.25) is 0 Å². The molecule has 0 amide bonds. The number of aliphatic imine (C=N–C) groups is 1. The van der Waals surface area contributed by atoms with E-state index in [1.807, 2.05) is 25.5 Å². The monoisotopic (exact) mass is 561 g/mol. The summed E-state index contributed by atoms with van der Waals surface area (Å²) in [6.07, 6.45) is -0.131. The van der Waals surface area contributed by atoms with E-state index in [9.17, 15) is 4.39 Å². The molecule has 0 bridgehead atoms. The number of guanidine groups is 1. The van der Waals surface area contributed by atoms with Gasteiger partial charge < -0.3 is 24.7 Å². The molecular formula is C21H33FIN7O2. The molecule has 2 heterocycles. The predicted octanol–water partition coefficient (Wildman–Crippen LogP) is 1.72. The van der Waals surface area contributed by atoms with Crippen LogP contribution in [-0.4, -0.2) is 77.7 Å². The summed E-state index contributed by atoms with van der Waals surface area (Å²) in [5.41, 5.74) is 0. The van der Waals surface area contributed by atoms with Gasteiger partial charge in [-0.1, -0.05) is 0 Å². The van der Waals surface area contributed by atoms with Crippen LogP contribution in [0.25, 0.3) is 0 Å². The van der Waals surface area contributed by atoms with Crippen LogP contribution in [0.5, 0.6) is 5.75 Å². The SMILES string of the molecule is Cc1nnc(CN=C(NCCN2CCOCC2)NCC(C)Oc2ccc(F)cc2)n1C.I. The average Bonchev–Trinajstić information content (AvgIpc) is 3.10. The fraction of sp³-hybridized carbons (Fsp3) is 0.571. The number of nitrogens with one attached hydrogen (secondary N) is 2. The summed E-state index contributed by atoms with van der Waals surface area (Å²) in [5, 5.41) is 15.0. The van der Waals surface area contributed by atoms with Gasteiger partial charge in [-0.05, 0) is 38.1 Å². The Bertz CT molecular complexity index is 841. The summed E-state index contributed by atoms with van der Waals surface area (Å²) in [6, 6.07) is 6.02. The van der Waals surface area contributed by atoms with Crippen LogP contribution < -0.4 is 15.4 Å². The highest BCUT2D eigenvalue weighted by atomic mass is 127. The van der Waals surface area contributed by atoms with Crippen LogP contribution in [0.1, 0.15) is 18.6 Å². The molecule has 0 saturated carbocycles. The van der Waals surface area contributed by atoms with Crippen LogP contribution in [-0.2, 0) is 18.3 Å². The number of benzene rings is 1. The first kappa shape index (κ1) is 26.3. The molecule has 0 spiro atoms. The third-order valence-electron chi connectivity index (χ3n) is 5.09. The number of rotatable bonds is 9. The lowest BCUT2D eigenvalue weighted by molar-refractivity contribution is 0.0389. The molecule has 1 unspecified atom stereocenters. The van der Waals surface area contributed by atoms with E-state index >= 15 is 0 Å². The Kier molecular flexibility index (Phi) is 11.1. The zero-order valence-corrected chi connectivity index (χ0v) is 21.2. The molecule has 1 aromatic carbocycles. The van der Waals surface area contributed by atoms with Crippen LogP contribution in [0.3, 0.4) is 0 Å². The van der Waals surface area contributed by atoms with Crippen molar-refractivity contribution in [2.24, 2.45) is 12.0 Å². The maximum atomic E-state index is 13.1. The molecule has 178 valence electrons. The quantitative estimate of drug-likeness (QED) is 0.274. The smallest absolute Gasteiger partial charge is 0.191 e. The van der Waals surface area contributed by atoms with Gasteiger partial charge in [0.25, 0.3) is 0 Å². The van der Waals surface area contributed by atoms with Gasteiger partial charge in [0.1, 0.15) is 30.0 Å². The molecule has 11 heteroatoms. The van der Waals surface area contributed by atoms with Crippen LogP contribution >= 0.6 is 24.0 Å². The number of nitrogens with zero attached hydrogens (tertiary/aromatic N) is 5. The molecule has 1 fully saturated rings. The summed E-state index contributed by atoms with van der Waals surface area (Å²) in [5.74, 6) is 2.67. The summed E-state index contributed by atoms with van der Waals surface area (Å²) < 4.78 is 26.2. The van der Waals surface area contributed by atoms with Gasteiger partial charge in [0.15, 0.2) is 11.8 Å². The number of hydrogen-bond donors (Lipinski definition) is 2. The van der Waals surface area contributed by atoms with E-state index in [4.69, 9.17) is 9.47 Å². The van der Waals surface area contributed by atoms with Crippen molar-refractivity contribution in [2.45, 2.75) is 26.5 Å². The van der Waals surface area contributed by atoms with Crippen LogP contribution in [0.15, 0.2) is 29.3 Å². The second kappa shape index (κ2) is 13.5. The predicted molar refractivity (Wildman–Crippen MR) is 132 cm³/mol. The normalized spacial score (nSPS) is 15.7. The number of aryl methyl sites for hydroxylation is 1. The van der Waals surface area contributed by atoms with Crippen molar-refractivity contribution in [1.29, 1.82) is 0 Å². The molecule has 1 aliphatic heterocycles. The summed E-state index contributed by atoms with van der Waals surface area (Å²) >= 11 is 0. The molecule has 1 saturated heterocycles. The molecule has 3 rings (SSSR count). The Morgan fingerprint density at radius 1 is 1.22 bits per heavy atom. The minimum atomic E-state index is -0.281. The molecule has 32 heavy (non-hydrogen) atoms. The van der Waals surface area contributed by atoms with Gasteiger partial charge in [-0.2, -0.15) is 0 Å². The van der Waals surface area contributed by atoms with Gasteiger partial charge in [0, 0.05) is 33.2 Å². The van der Waals surface area contributed by atoms with E-state index < -0.39 is 0 Å². The van der Waals surface area contributed by atoms with E-state index in [-0.39, 0.29) is 35.9 Å². The third kappa shape index (κ3) is 8.51. The van der Waals surface area contributed by atoms with Gasteiger partial charge in [-0.3, -0.25) is 4.90 Å². The number of aromatic nitrogens is 3. The minimum Gasteiger partial charge on any atom is -0.489 e. The summed E-state index contributed by atoms with van der Waals surface area (Å²) in [7, 11) is 1.93. The van der Waals surface area contributed by atoms with E-state index in [0.717, 1.165) is 51.0 Å². The minimum absolute atomic E-state index is 0. The first-order valence-electron chi connectivity index (χ1n) is 10.6. The number of ether oxygens (including phenoxy) is 2. The highest BCUT2D eigenvalue weighted by Crippen LogP contribution is 2.12. The lowest BCUT2D eigenvalue weighted by Gasteiger charge is -2.27. The van der Waals surface area contributed by atoms with E-state index in [1.165, 1.54) is 12.1 Å². The Hall–Kier alpha value is -1.99. The first-order valence-corrected chi connectivity index (χ1v) is 10.6. The second-order valence-corrected chi connectivity index (χ2v) is 7.53. The fourth-order valence-electron chi connectivity index (χ4n) is 3.10. The molecule has 0 aliphatic carbocycles. The summed E-state index contributed by atoms with van der Waals surface area (Å²) in [6.45, 7) is 9.94. The van der Waals surface area contributed by atoms with Crippen LogP contribution in [0.4, 0.5) is 4.39 Å². The molecule has 1 atom stereocenters. The standard InChI is InChI=1S/C21H32FN7O2.HI/c1-16(31-19-6-4-18(22)5-7-19)14-24-21(23-8-9-29-10-12-30-13-11-29)25-15-20-27-26-17(2)28(20)3;/h4-7,16H,8-15H2,1-3H3,(H2,23,24,25);1H. The molecule has 2 aromatic rings. The van der Waals surface area contributed by atoms with Crippen LogP contribution in [0.2, 0.25) is 0 Å². The maximum Gasteiger partial charge on any atom is 0.191 e. The van der Waals surface area contributed by atoms with E-state index in [1.54, 1.807) is 12.1 Å². The zero-order chi connectivity index (χ0) is 22.1. The highest BCUT2D eigenvalue weighted by molar-refractivity contribution is 14.0. The molecule has 1 aliphatic rings. The van der Waals surface area contributed by atoms with Crippen molar-refractivity contribution in [3.05, 3.63) is 41.7 Å². The largest absolute Gasteiger partial charge is 0.489 e. The topological polar surface area (TPSA) is 88.8 Å². The molecule has 9 nitrogen and oxygen atoms in total.